The fraction of sp³-hybridized carbons (Fsp3) is 0. The van der Waals surface area contributed by atoms with Gasteiger partial charge in [0.2, 0.25) is 0 Å². The van der Waals surface area contributed by atoms with Crippen LogP contribution in [-0.2, 0) is 0 Å². The molecule has 0 bridgehead atoms. The van der Waals surface area contributed by atoms with Crippen molar-refractivity contribution in [3.8, 4) is 61.3 Å². The summed E-state index contributed by atoms with van der Waals surface area (Å²) in [5, 5.41) is 7.48. The van der Waals surface area contributed by atoms with Crippen LogP contribution in [0.4, 0.5) is 17.1 Å². The largest absolute Gasteiger partial charge is 0.310 e. The average Bonchev–Trinajstić information content (AvgIpc) is 3.79. The van der Waals surface area contributed by atoms with E-state index in [1.54, 1.807) is 0 Å². The molecular formula is C68H46N2. The Morgan fingerprint density at radius 3 is 1.50 bits per heavy atom. The van der Waals surface area contributed by atoms with Crippen molar-refractivity contribution < 1.29 is 0 Å². The highest BCUT2D eigenvalue weighted by Gasteiger charge is 2.22. The molecule has 0 amide bonds. The first-order valence-corrected chi connectivity index (χ1v) is 24.1. The van der Waals surface area contributed by atoms with E-state index in [1.165, 1.54) is 82.3 Å². The Kier molecular flexibility index (Phi) is 10.2. The average molecular weight is 891 g/mol. The van der Waals surface area contributed by atoms with Crippen molar-refractivity contribution >= 4 is 60.4 Å². The van der Waals surface area contributed by atoms with Gasteiger partial charge in [0.05, 0.1) is 16.7 Å². The highest BCUT2D eigenvalue weighted by atomic mass is 15.1. The third kappa shape index (κ3) is 7.05. The third-order valence-corrected chi connectivity index (χ3v) is 14.0. The Morgan fingerprint density at radius 2 is 0.771 bits per heavy atom. The van der Waals surface area contributed by atoms with E-state index in [1.807, 2.05) is 0 Å². The van der Waals surface area contributed by atoms with Crippen LogP contribution in [-0.4, -0.2) is 4.57 Å². The van der Waals surface area contributed by atoms with Crippen molar-refractivity contribution in [2.24, 2.45) is 0 Å². The first-order valence-electron chi connectivity index (χ1n) is 24.1. The number of hydrogen-bond acceptors (Lipinski definition) is 1. The molecule has 0 spiro atoms. The van der Waals surface area contributed by atoms with Crippen molar-refractivity contribution in [1.82, 2.24) is 4.57 Å². The minimum atomic E-state index is 1.08. The molecule has 0 radical (unpaired) electrons. The molecule has 13 rings (SSSR count). The van der Waals surface area contributed by atoms with Crippen molar-refractivity contribution in [3.05, 3.63) is 279 Å². The summed E-state index contributed by atoms with van der Waals surface area (Å²) in [7, 11) is 0. The first kappa shape index (κ1) is 41.0. The number of para-hydroxylation sites is 3. The van der Waals surface area contributed by atoms with Gasteiger partial charge in [0.1, 0.15) is 0 Å². The molecule has 0 fully saturated rings. The number of nitrogens with zero attached hydrogens (tertiary/aromatic N) is 2. The molecule has 2 heteroatoms. The van der Waals surface area contributed by atoms with Crippen LogP contribution in [0.3, 0.4) is 0 Å². The Labute approximate surface area is 408 Å². The van der Waals surface area contributed by atoms with E-state index >= 15 is 0 Å². The lowest BCUT2D eigenvalue weighted by Gasteiger charge is -2.28. The second-order valence-corrected chi connectivity index (χ2v) is 18.0. The molecule has 0 atom stereocenters. The third-order valence-electron chi connectivity index (χ3n) is 14.0. The summed E-state index contributed by atoms with van der Waals surface area (Å²) < 4.78 is 2.39. The van der Waals surface area contributed by atoms with Crippen molar-refractivity contribution in [1.29, 1.82) is 0 Å². The molecule has 0 saturated carbocycles. The van der Waals surface area contributed by atoms with Gasteiger partial charge < -0.3 is 9.47 Å². The van der Waals surface area contributed by atoms with Crippen LogP contribution in [0.25, 0.3) is 105 Å². The molecule has 13 aromatic rings. The van der Waals surface area contributed by atoms with Crippen LogP contribution in [0, 0.1) is 0 Å². The summed E-state index contributed by atoms with van der Waals surface area (Å²) >= 11 is 0. The lowest BCUT2D eigenvalue weighted by atomic mass is 9.84. The van der Waals surface area contributed by atoms with Gasteiger partial charge in [0, 0.05) is 33.4 Å². The van der Waals surface area contributed by atoms with Gasteiger partial charge in [0.25, 0.3) is 0 Å². The summed E-state index contributed by atoms with van der Waals surface area (Å²) in [6.07, 6.45) is 0. The van der Waals surface area contributed by atoms with Gasteiger partial charge >= 0.3 is 0 Å². The molecule has 1 heterocycles. The van der Waals surface area contributed by atoms with Crippen LogP contribution < -0.4 is 4.90 Å². The van der Waals surface area contributed by atoms with Crippen molar-refractivity contribution in [2.75, 3.05) is 4.90 Å². The van der Waals surface area contributed by atoms with Gasteiger partial charge in [-0.25, -0.2) is 0 Å². The quantitative estimate of drug-likeness (QED) is 0.131. The topological polar surface area (TPSA) is 8.17 Å². The van der Waals surface area contributed by atoms with Crippen LogP contribution in [0.5, 0.6) is 0 Å². The summed E-state index contributed by atoms with van der Waals surface area (Å²) in [6.45, 7) is 0. The van der Waals surface area contributed by atoms with Gasteiger partial charge in [-0.05, 0) is 132 Å². The number of fused-ring (bicyclic) bond motifs is 6. The Bertz CT molecular complexity index is 4020. The van der Waals surface area contributed by atoms with Gasteiger partial charge in [-0.2, -0.15) is 0 Å². The molecule has 12 aromatic carbocycles. The van der Waals surface area contributed by atoms with E-state index in [9.17, 15) is 0 Å². The van der Waals surface area contributed by atoms with E-state index in [-0.39, 0.29) is 0 Å². The zero-order valence-corrected chi connectivity index (χ0v) is 38.5. The maximum Gasteiger partial charge on any atom is 0.0547 e. The Hall–Kier alpha value is -9.24. The molecule has 70 heavy (non-hydrogen) atoms. The second-order valence-electron chi connectivity index (χ2n) is 18.0. The molecular weight excluding hydrogens is 845 g/mol. The SMILES string of the molecule is c1ccc(-c2ccccc2N(c2ccc(-c3ccc4c(c3)c(-c3ccccc3)c(-c3ccccc3)c3ccccc34)cc2)c2cccc(-c3cccc4c3c3ccccc3n4-c3ccccc3)c2)cc1. The zero-order chi connectivity index (χ0) is 46.4. The predicted molar refractivity (Wildman–Crippen MR) is 298 cm³/mol. The smallest absolute Gasteiger partial charge is 0.0547 e. The molecule has 0 aliphatic carbocycles. The number of anilines is 3. The number of aromatic nitrogens is 1. The highest BCUT2D eigenvalue weighted by Crippen LogP contribution is 2.47. The minimum Gasteiger partial charge on any atom is -0.310 e. The van der Waals surface area contributed by atoms with Crippen LogP contribution in [0.2, 0.25) is 0 Å². The van der Waals surface area contributed by atoms with Crippen molar-refractivity contribution in [3.63, 3.8) is 0 Å². The van der Waals surface area contributed by atoms with E-state index in [4.69, 9.17) is 0 Å². The molecule has 0 aliphatic rings. The molecule has 2 nitrogen and oxygen atoms in total. The number of rotatable bonds is 9. The van der Waals surface area contributed by atoms with Gasteiger partial charge in [0.15, 0.2) is 0 Å². The normalized spacial score (nSPS) is 11.4. The van der Waals surface area contributed by atoms with E-state index in [0.717, 1.165) is 39.4 Å². The molecule has 0 unspecified atom stereocenters. The summed E-state index contributed by atoms with van der Waals surface area (Å²) in [6, 6.07) is 102. The van der Waals surface area contributed by atoms with E-state index in [2.05, 4.69) is 289 Å². The second kappa shape index (κ2) is 17.4. The molecule has 0 saturated heterocycles. The maximum atomic E-state index is 2.43. The standard InChI is InChI=1S/C68H46N2/c1-5-21-48(22-6-1)56-31-15-17-36-63(56)69(55-30-19-27-52(45-55)57-35-20-38-65-68(57)61-34-16-18-37-64(61)70(65)53-28-11-4-12-29-53)54-42-39-47(40-43-54)51-41-44-59-58-32-13-14-33-60(58)66(49-23-7-2-8-24-49)67(62(59)46-51)50-25-9-3-10-26-50/h1-46H. The summed E-state index contributed by atoms with van der Waals surface area (Å²) in [4.78, 5) is 2.43. The summed E-state index contributed by atoms with van der Waals surface area (Å²) in [5.41, 5.74) is 18.7. The van der Waals surface area contributed by atoms with Crippen molar-refractivity contribution in [2.45, 2.75) is 0 Å². The van der Waals surface area contributed by atoms with Gasteiger partial charge in [-0.3, -0.25) is 0 Å². The molecule has 0 N–H and O–H groups in total. The van der Waals surface area contributed by atoms with Crippen LogP contribution in [0.1, 0.15) is 0 Å². The molecule has 328 valence electrons. The lowest BCUT2D eigenvalue weighted by Crippen LogP contribution is -2.11. The van der Waals surface area contributed by atoms with E-state index in [0.29, 0.717) is 0 Å². The number of benzene rings is 12. The number of hydrogen-bond donors (Lipinski definition) is 0. The Morgan fingerprint density at radius 1 is 0.257 bits per heavy atom. The monoisotopic (exact) mass is 890 g/mol. The maximum absolute atomic E-state index is 2.43. The highest BCUT2D eigenvalue weighted by molar-refractivity contribution is 6.22. The first-order chi connectivity index (χ1) is 34.8. The molecule has 1 aromatic heterocycles. The van der Waals surface area contributed by atoms with E-state index < -0.39 is 0 Å². The molecule has 0 aliphatic heterocycles. The summed E-state index contributed by atoms with van der Waals surface area (Å²) in [5.74, 6) is 0. The van der Waals surface area contributed by atoms with Gasteiger partial charge in [-0.1, -0.05) is 218 Å². The minimum absolute atomic E-state index is 1.08. The predicted octanol–water partition coefficient (Wildman–Crippen LogP) is 18.9. The lowest BCUT2D eigenvalue weighted by molar-refractivity contribution is 1.18. The Balaban J connectivity index is 0.976. The fourth-order valence-corrected chi connectivity index (χ4v) is 10.9. The fourth-order valence-electron chi connectivity index (χ4n) is 10.9. The van der Waals surface area contributed by atoms with Gasteiger partial charge in [-0.15, -0.1) is 0 Å². The zero-order valence-electron chi connectivity index (χ0n) is 38.5. The van der Waals surface area contributed by atoms with Crippen LogP contribution >= 0.6 is 0 Å². The van der Waals surface area contributed by atoms with Crippen LogP contribution in [0.15, 0.2) is 279 Å².